The van der Waals surface area contributed by atoms with Gasteiger partial charge in [0.25, 0.3) is 5.91 Å². The number of hydrogen-bond donors (Lipinski definition) is 0. The Balaban J connectivity index is 1.92. The molecule has 2 rings (SSSR count). The Morgan fingerprint density at radius 2 is 1.89 bits per heavy atom. The maximum absolute atomic E-state index is 12.2. The third kappa shape index (κ3) is 5.87. The van der Waals surface area contributed by atoms with E-state index in [9.17, 15) is 9.59 Å². The predicted octanol–water partition coefficient (Wildman–Crippen LogP) is 2.55. The van der Waals surface area contributed by atoms with E-state index in [0.717, 1.165) is 0 Å². The number of carbonyl (C=O) groups excluding carboxylic acids is 2. The van der Waals surface area contributed by atoms with E-state index in [1.165, 1.54) is 26.4 Å². The summed E-state index contributed by atoms with van der Waals surface area (Å²) >= 11 is 6.13. The fourth-order valence-corrected chi connectivity index (χ4v) is 3.15. The Morgan fingerprint density at radius 1 is 1.22 bits per heavy atom. The Kier molecular flexibility index (Phi) is 7.50. The molecule has 0 saturated carbocycles. The molecule has 0 aromatic heterocycles. The second-order valence-corrected chi connectivity index (χ2v) is 6.64. The zero-order valence-electron chi connectivity index (χ0n) is 15.9. The van der Waals surface area contributed by atoms with Crippen molar-refractivity contribution in [3.63, 3.8) is 0 Å². The molecule has 7 nitrogen and oxygen atoms in total. The monoisotopic (exact) mass is 397 g/mol. The summed E-state index contributed by atoms with van der Waals surface area (Å²) in [5.74, 6) is -0.00117. The fourth-order valence-electron chi connectivity index (χ4n) is 2.85. The predicted molar refractivity (Wildman–Crippen MR) is 101 cm³/mol. The molecule has 1 aliphatic heterocycles. The van der Waals surface area contributed by atoms with Gasteiger partial charge in [-0.05, 0) is 37.6 Å². The van der Waals surface area contributed by atoms with Crippen LogP contribution in [0.3, 0.4) is 0 Å². The third-order valence-corrected chi connectivity index (χ3v) is 4.26. The lowest BCUT2D eigenvalue weighted by Crippen LogP contribution is -2.49. The van der Waals surface area contributed by atoms with Crippen molar-refractivity contribution < 1.29 is 28.5 Å². The molecule has 1 saturated heterocycles. The molecule has 1 aromatic carbocycles. The van der Waals surface area contributed by atoms with Gasteiger partial charge in [-0.2, -0.15) is 0 Å². The van der Waals surface area contributed by atoms with Gasteiger partial charge in [-0.1, -0.05) is 11.6 Å². The van der Waals surface area contributed by atoms with Gasteiger partial charge >= 0.3 is 5.97 Å². The van der Waals surface area contributed by atoms with Gasteiger partial charge in [0, 0.05) is 19.2 Å². The highest BCUT2D eigenvalue weighted by Gasteiger charge is 2.26. The number of morpholine rings is 1. The zero-order valence-corrected chi connectivity index (χ0v) is 16.6. The molecule has 0 bridgehead atoms. The van der Waals surface area contributed by atoms with E-state index < -0.39 is 5.97 Å². The number of ether oxygens (including phenoxy) is 4. The minimum atomic E-state index is -0.622. The molecular weight excluding hydrogens is 374 g/mol. The van der Waals surface area contributed by atoms with Gasteiger partial charge in [0.2, 0.25) is 0 Å². The van der Waals surface area contributed by atoms with Gasteiger partial charge in [0.1, 0.15) is 0 Å². The lowest BCUT2D eigenvalue weighted by Gasteiger charge is -2.35. The molecule has 1 fully saturated rings. The van der Waals surface area contributed by atoms with Gasteiger partial charge in [-0.25, -0.2) is 4.79 Å². The van der Waals surface area contributed by atoms with E-state index in [2.05, 4.69) is 0 Å². The first kappa shape index (κ1) is 21.1. The molecule has 0 unspecified atom stereocenters. The number of benzene rings is 1. The summed E-state index contributed by atoms with van der Waals surface area (Å²) in [5.41, 5.74) is 0.636. The molecule has 2 atom stereocenters. The first-order chi connectivity index (χ1) is 12.8. The molecule has 148 valence electrons. The number of esters is 1. The van der Waals surface area contributed by atoms with Crippen LogP contribution in [0.25, 0.3) is 6.08 Å². The summed E-state index contributed by atoms with van der Waals surface area (Å²) < 4.78 is 21.0. The molecule has 0 spiro atoms. The van der Waals surface area contributed by atoms with Crippen molar-refractivity contribution in [3.05, 3.63) is 28.8 Å². The molecular formula is C19H24ClNO6. The van der Waals surface area contributed by atoms with Crippen LogP contribution in [0.15, 0.2) is 18.2 Å². The van der Waals surface area contributed by atoms with Gasteiger partial charge < -0.3 is 23.8 Å². The third-order valence-electron chi connectivity index (χ3n) is 3.98. The van der Waals surface area contributed by atoms with Gasteiger partial charge in [0.15, 0.2) is 18.1 Å². The van der Waals surface area contributed by atoms with Gasteiger partial charge in [-0.3, -0.25) is 4.79 Å². The average molecular weight is 398 g/mol. The highest BCUT2D eigenvalue weighted by atomic mass is 35.5. The largest absolute Gasteiger partial charge is 0.493 e. The van der Waals surface area contributed by atoms with Crippen LogP contribution in [0, 0.1) is 0 Å². The van der Waals surface area contributed by atoms with Crippen molar-refractivity contribution in [2.24, 2.45) is 0 Å². The number of methoxy groups -OCH3 is 2. The second kappa shape index (κ2) is 9.62. The standard InChI is InChI=1S/C19H24ClNO6/c1-12-9-21(10-13(2)27-12)17(22)11-26-18(23)6-5-14-7-15(20)19(25-4)16(8-14)24-3/h5-8,12-13H,9-11H2,1-4H3/b6-5+/t12-,13+. The maximum Gasteiger partial charge on any atom is 0.331 e. The molecule has 1 heterocycles. The van der Waals surface area contributed by atoms with Crippen molar-refractivity contribution in [3.8, 4) is 11.5 Å². The first-order valence-electron chi connectivity index (χ1n) is 8.53. The maximum atomic E-state index is 12.2. The summed E-state index contributed by atoms with van der Waals surface area (Å²) in [5, 5.41) is 0.357. The molecule has 8 heteroatoms. The number of halogens is 1. The Labute approximate surface area is 163 Å². The van der Waals surface area contributed by atoms with Gasteiger partial charge in [-0.15, -0.1) is 0 Å². The fraction of sp³-hybridized carbons (Fsp3) is 0.474. The molecule has 1 amide bonds. The van der Waals surface area contributed by atoms with E-state index in [0.29, 0.717) is 35.2 Å². The summed E-state index contributed by atoms with van der Waals surface area (Å²) in [7, 11) is 2.98. The van der Waals surface area contributed by atoms with Crippen LogP contribution < -0.4 is 9.47 Å². The topological polar surface area (TPSA) is 74.3 Å². The lowest BCUT2D eigenvalue weighted by molar-refractivity contribution is -0.154. The minimum absolute atomic E-state index is 0.0388. The Hall–Kier alpha value is -2.25. The van der Waals surface area contributed by atoms with Crippen LogP contribution in [-0.4, -0.2) is 62.9 Å². The van der Waals surface area contributed by atoms with Crippen molar-refractivity contribution in [1.82, 2.24) is 4.90 Å². The highest BCUT2D eigenvalue weighted by Crippen LogP contribution is 2.36. The van der Waals surface area contributed by atoms with Crippen LogP contribution in [-0.2, 0) is 19.1 Å². The Bertz CT molecular complexity index is 710. The quantitative estimate of drug-likeness (QED) is 0.542. The summed E-state index contributed by atoms with van der Waals surface area (Å²) in [6, 6.07) is 3.31. The molecule has 27 heavy (non-hydrogen) atoms. The van der Waals surface area contributed by atoms with Crippen LogP contribution in [0.1, 0.15) is 19.4 Å². The molecule has 0 aliphatic carbocycles. The number of nitrogens with zero attached hydrogens (tertiary/aromatic N) is 1. The van der Waals surface area contributed by atoms with E-state index in [4.69, 9.17) is 30.5 Å². The van der Waals surface area contributed by atoms with E-state index in [1.807, 2.05) is 13.8 Å². The molecule has 0 N–H and O–H groups in total. The minimum Gasteiger partial charge on any atom is -0.493 e. The van der Waals surface area contributed by atoms with Crippen molar-refractivity contribution in [2.45, 2.75) is 26.1 Å². The van der Waals surface area contributed by atoms with E-state index in [-0.39, 0.29) is 24.7 Å². The number of hydrogen-bond acceptors (Lipinski definition) is 6. The van der Waals surface area contributed by atoms with Crippen LogP contribution in [0.4, 0.5) is 0 Å². The normalized spacial score (nSPS) is 19.8. The first-order valence-corrected chi connectivity index (χ1v) is 8.91. The summed E-state index contributed by atoms with van der Waals surface area (Å²) in [6.45, 7) is 4.47. The molecule has 1 aliphatic rings. The number of carbonyl (C=O) groups is 2. The molecule has 0 radical (unpaired) electrons. The second-order valence-electron chi connectivity index (χ2n) is 6.24. The smallest absolute Gasteiger partial charge is 0.331 e. The highest BCUT2D eigenvalue weighted by molar-refractivity contribution is 6.32. The van der Waals surface area contributed by atoms with E-state index in [1.54, 1.807) is 17.0 Å². The van der Waals surface area contributed by atoms with Crippen LogP contribution in [0.2, 0.25) is 5.02 Å². The van der Waals surface area contributed by atoms with Gasteiger partial charge in [0.05, 0.1) is 31.5 Å². The van der Waals surface area contributed by atoms with Crippen LogP contribution in [0.5, 0.6) is 11.5 Å². The lowest BCUT2D eigenvalue weighted by atomic mass is 10.2. The summed E-state index contributed by atoms with van der Waals surface area (Å²) in [6.07, 6.45) is 2.68. The average Bonchev–Trinajstić information content (AvgIpc) is 2.62. The number of rotatable bonds is 6. The zero-order chi connectivity index (χ0) is 20.0. The van der Waals surface area contributed by atoms with Crippen molar-refractivity contribution >= 4 is 29.6 Å². The molecule has 1 aromatic rings. The van der Waals surface area contributed by atoms with E-state index >= 15 is 0 Å². The summed E-state index contributed by atoms with van der Waals surface area (Å²) in [4.78, 5) is 25.7. The Morgan fingerprint density at radius 3 is 2.48 bits per heavy atom. The van der Waals surface area contributed by atoms with Crippen molar-refractivity contribution in [1.29, 1.82) is 0 Å². The van der Waals surface area contributed by atoms with Crippen LogP contribution >= 0.6 is 11.6 Å². The SMILES string of the molecule is COc1cc(/C=C/C(=O)OCC(=O)N2C[C@@H](C)O[C@@H](C)C2)cc(Cl)c1OC. The number of amides is 1. The van der Waals surface area contributed by atoms with Crippen molar-refractivity contribution in [2.75, 3.05) is 33.9 Å².